The molecule has 5 heteroatoms. The zero-order valence-corrected chi connectivity index (χ0v) is 13.2. The molecule has 1 N–H and O–H groups in total. The Bertz CT molecular complexity index is 345. The van der Waals surface area contributed by atoms with E-state index in [0.717, 1.165) is 19.3 Å². The first-order chi connectivity index (χ1) is 9.36. The van der Waals surface area contributed by atoms with E-state index >= 15 is 0 Å². The predicted octanol–water partition coefficient (Wildman–Crippen LogP) is 1.55. The number of hydrogen-bond acceptors (Lipinski definition) is 3. The Morgan fingerprint density at radius 1 is 1.25 bits per heavy atom. The van der Waals surface area contributed by atoms with Crippen molar-refractivity contribution in [1.29, 1.82) is 0 Å². The molecule has 112 valence electrons. The molecule has 4 nitrogen and oxygen atoms in total. The second-order valence-corrected chi connectivity index (χ2v) is 6.27. The third-order valence-electron chi connectivity index (χ3n) is 3.89. The molecule has 0 aromatic rings. The molecule has 1 aliphatic rings. The average molecular weight is 278 g/mol. The van der Waals surface area contributed by atoms with Crippen molar-refractivity contribution >= 4 is 19.5 Å². The molecule has 1 rings (SSSR count). The van der Waals surface area contributed by atoms with Gasteiger partial charge in [0.15, 0.2) is 5.78 Å². The molecule has 0 aromatic heterocycles. The van der Waals surface area contributed by atoms with E-state index < -0.39 is 0 Å². The second-order valence-electron chi connectivity index (χ2n) is 6.27. The zero-order valence-electron chi connectivity index (χ0n) is 13.2. The Hall–Kier alpha value is -0.835. The van der Waals surface area contributed by atoms with E-state index in [9.17, 15) is 9.59 Å². The standard InChI is InChI=1S/C15H27BN2O2/c1-10(2)14(19)9-18(15(20)8-16)13-7-5-6-12(13)17-11(3)4/h10-13,17H,5-9H2,1-4H3. The van der Waals surface area contributed by atoms with Crippen molar-refractivity contribution in [3.63, 3.8) is 0 Å². The van der Waals surface area contributed by atoms with E-state index in [4.69, 9.17) is 7.85 Å². The smallest absolute Gasteiger partial charge is 0.214 e. The van der Waals surface area contributed by atoms with Crippen LogP contribution in [0.2, 0.25) is 6.32 Å². The predicted molar refractivity (Wildman–Crippen MR) is 81.8 cm³/mol. The number of nitrogens with zero attached hydrogens (tertiary/aromatic N) is 1. The zero-order chi connectivity index (χ0) is 15.3. The van der Waals surface area contributed by atoms with Crippen molar-refractivity contribution in [1.82, 2.24) is 10.2 Å². The van der Waals surface area contributed by atoms with Gasteiger partial charge >= 0.3 is 0 Å². The largest absolute Gasteiger partial charge is 0.331 e. The Kier molecular flexibility index (Phi) is 6.73. The van der Waals surface area contributed by atoms with Crippen LogP contribution >= 0.6 is 0 Å². The first-order valence-corrected chi connectivity index (χ1v) is 7.65. The van der Waals surface area contributed by atoms with Crippen LogP contribution in [0.1, 0.15) is 47.0 Å². The van der Waals surface area contributed by atoms with E-state index in [1.165, 1.54) is 0 Å². The Morgan fingerprint density at radius 3 is 2.40 bits per heavy atom. The van der Waals surface area contributed by atoms with Crippen molar-refractivity contribution in [2.24, 2.45) is 5.92 Å². The maximum atomic E-state index is 12.1. The summed E-state index contributed by atoms with van der Waals surface area (Å²) in [6.07, 6.45) is 3.05. The van der Waals surface area contributed by atoms with Gasteiger partial charge in [-0.15, -0.1) is 0 Å². The van der Waals surface area contributed by atoms with E-state index in [-0.39, 0.29) is 42.6 Å². The van der Waals surface area contributed by atoms with Crippen molar-refractivity contribution in [2.45, 2.75) is 71.4 Å². The number of carbonyl (C=O) groups is 2. The van der Waals surface area contributed by atoms with Crippen molar-refractivity contribution in [3.8, 4) is 0 Å². The number of carbonyl (C=O) groups excluding carboxylic acids is 2. The van der Waals surface area contributed by atoms with E-state index in [1.807, 2.05) is 13.8 Å². The van der Waals surface area contributed by atoms with Crippen LogP contribution in [0.4, 0.5) is 0 Å². The van der Waals surface area contributed by atoms with Gasteiger partial charge in [-0.25, -0.2) is 0 Å². The lowest BCUT2D eigenvalue weighted by atomic mass is 10.00. The lowest BCUT2D eigenvalue weighted by molar-refractivity contribution is -0.137. The van der Waals surface area contributed by atoms with Crippen LogP contribution in [0, 0.1) is 5.92 Å². The molecular formula is C15H27BN2O2. The van der Waals surface area contributed by atoms with Crippen LogP contribution in [0.15, 0.2) is 0 Å². The number of ketones is 1. The fraction of sp³-hybridized carbons (Fsp3) is 0.867. The van der Waals surface area contributed by atoms with Crippen molar-refractivity contribution < 1.29 is 9.59 Å². The summed E-state index contributed by atoms with van der Waals surface area (Å²) >= 11 is 0. The first kappa shape index (κ1) is 17.2. The lowest BCUT2D eigenvalue weighted by Crippen LogP contribution is -2.52. The fourth-order valence-corrected chi connectivity index (χ4v) is 2.79. The quantitative estimate of drug-likeness (QED) is 0.719. The highest BCUT2D eigenvalue weighted by molar-refractivity contribution is 6.19. The molecule has 0 bridgehead atoms. The van der Waals surface area contributed by atoms with Crippen LogP contribution in [0.25, 0.3) is 0 Å². The average Bonchev–Trinajstić information content (AvgIpc) is 2.81. The van der Waals surface area contributed by atoms with Crippen LogP contribution in [0.5, 0.6) is 0 Å². The van der Waals surface area contributed by atoms with Gasteiger partial charge in [-0.1, -0.05) is 27.7 Å². The van der Waals surface area contributed by atoms with E-state index in [0.29, 0.717) is 6.04 Å². The molecular weight excluding hydrogens is 251 g/mol. The summed E-state index contributed by atoms with van der Waals surface area (Å²) in [5.74, 6) is -0.0792. The molecule has 1 aliphatic carbocycles. The highest BCUT2D eigenvalue weighted by atomic mass is 16.2. The number of hydrogen-bond donors (Lipinski definition) is 1. The van der Waals surface area contributed by atoms with E-state index in [1.54, 1.807) is 4.90 Å². The molecule has 0 saturated heterocycles. The summed E-state index contributed by atoms with van der Waals surface area (Å²) in [4.78, 5) is 25.8. The molecule has 0 spiro atoms. The number of amides is 1. The fourth-order valence-electron chi connectivity index (χ4n) is 2.79. The molecule has 1 fully saturated rings. The third kappa shape index (κ3) is 4.62. The molecule has 20 heavy (non-hydrogen) atoms. The van der Waals surface area contributed by atoms with Gasteiger partial charge in [0.2, 0.25) is 5.91 Å². The summed E-state index contributed by atoms with van der Waals surface area (Å²) in [5.41, 5.74) is 0. The van der Waals surface area contributed by atoms with Crippen LogP contribution < -0.4 is 5.32 Å². The highest BCUT2D eigenvalue weighted by Crippen LogP contribution is 2.25. The summed E-state index contributed by atoms with van der Waals surface area (Å²) < 4.78 is 0. The van der Waals surface area contributed by atoms with Crippen LogP contribution in [0.3, 0.4) is 0 Å². The monoisotopic (exact) mass is 278 g/mol. The van der Waals surface area contributed by atoms with E-state index in [2.05, 4.69) is 19.2 Å². The minimum atomic E-state index is -0.124. The molecule has 0 aromatic carbocycles. The SMILES string of the molecule is [B]CC(=O)N(CC(=O)C(C)C)C1CCCC1NC(C)C. The Labute approximate surface area is 124 Å². The Morgan fingerprint density at radius 2 is 1.90 bits per heavy atom. The third-order valence-corrected chi connectivity index (χ3v) is 3.89. The summed E-state index contributed by atoms with van der Waals surface area (Å²) in [7, 11) is 5.52. The van der Waals surface area contributed by atoms with Crippen LogP contribution in [-0.2, 0) is 9.59 Å². The first-order valence-electron chi connectivity index (χ1n) is 7.65. The minimum absolute atomic E-state index is 0.0315. The van der Waals surface area contributed by atoms with Gasteiger partial charge in [-0.3, -0.25) is 9.59 Å². The van der Waals surface area contributed by atoms with Gasteiger partial charge in [-0.2, -0.15) is 0 Å². The second kappa shape index (κ2) is 7.82. The normalized spacial score (nSPS) is 22.5. The van der Waals surface area contributed by atoms with Crippen molar-refractivity contribution in [3.05, 3.63) is 0 Å². The molecule has 2 radical (unpaired) electrons. The minimum Gasteiger partial charge on any atom is -0.331 e. The summed E-state index contributed by atoms with van der Waals surface area (Å²) in [6.45, 7) is 8.12. The number of nitrogens with one attached hydrogen (secondary N) is 1. The molecule has 1 amide bonds. The summed E-state index contributed by atoms with van der Waals surface area (Å²) in [5, 5.41) is 3.51. The van der Waals surface area contributed by atoms with Gasteiger partial charge in [0.05, 0.1) is 14.4 Å². The summed E-state index contributed by atoms with van der Waals surface area (Å²) in [6, 6.07) is 0.734. The topological polar surface area (TPSA) is 49.4 Å². The molecule has 0 aliphatic heterocycles. The molecule has 2 atom stereocenters. The van der Waals surface area contributed by atoms with Gasteiger partial charge in [0, 0.05) is 24.0 Å². The van der Waals surface area contributed by atoms with Crippen LogP contribution in [-0.4, -0.2) is 49.1 Å². The number of rotatable bonds is 7. The maximum absolute atomic E-state index is 12.1. The highest BCUT2D eigenvalue weighted by Gasteiger charge is 2.35. The molecule has 1 saturated carbocycles. The van der Waals surface area contributed by atoms with Crippen molar-refractivity contribution in [2.75, 3.05) is 6.54 Å². The molecule has 0 heterocycles. The van der Waals surface area contributed by atoms with Gasteiger partial charge in [0.25, 0.3) is 0 Å². The maximum Gasteiger partial charge on any atom is 0.214 e. The lowest BCUT2D eigenvalue weighted by Gasteiger charge is -2.34. The number of Topliss-reactive ketones (excluding diaryl/α,β-unsaturated/α-hetero) is 1. The Balaban J connectivity index is 2.81. The molecule has 2 unspecified atom stereocenters. The van der Waals surface area contributed by atoms with Gasteiger partial charge in [0.1, 0.15) is 0 Å². The van der Waals surface area contributed by atoms with Gasteiger partial charge in [-0.05, 0) is 25.6 Å². The van der Waals surface area contributed by atoms with Gasteiger partial charge < -0.3 is 10.2 Å².